The van der Waals surface area contributed by atoms with Crippen molar-refractivity contribution in [2.75, 3.05) is 43.5 Å². The Labute approximate surface area is 235 Å². The van der Waals surface area contributed by atoms with Gasteiger partial charge in [-0.1, -0.05) is 12.1 Å². The zero-order chi connectivity index (χ0) is 28.5. The molecule has 2 aromatic rings. The van der Waals surface area contributed by atoms with Gasteiger partial charge < -0.3 is 24.6 Å². The van der Waals surface area contributed by atoms with Crippen LogP contribution in [0.2, 0.25) is 0 Å². The largest absolute Gasteiger partial charge is 0.469 e. The molecule has 5 rings (SSSR count). The van der Waals surface area contributed by atoms with E-state index in [2.05, 4.69) is 16.3 Å². The molecule has 212 valence electrons. The van der Waals surface area contributed by atoms with Crippen molar-refractivity contribution in [1.82, 2.24) is 14.9 Å². The van der Waals surface area contributed by atoms with Crippen LogP contribution < -0.4 is 10.2 Å². The van der Waals surface area contributed by atoms with Crippen molar-refractivity contribution < 1.29 is 19.1 Å². The second-order valence-electron chi connectivity index (χ2n) is 12.2. The van der Waals surface area contributed by atoms with Gasteiger partial charge in [-0.05, 0) is 70.6 Å². The normalized spacial score (nSPS) is 18.4. The minimum Gasteiger partial charge on any atom is -0.469 e. The molecule has 1 spiro atoms. The third kappa shape index (κ3) is 5.98. The molecule has 0 radical (unpaired) electrons. The number of fused-ring (bicyclic) bond motifs is 1. The Bertz CT molecular complexity index is 1320. The van der Waals surface area contributed by atoms with Crippen molar-refractivity contribution in [3.05, 3.63) is 46.6 Å². The molecule has 10 heteroatoms. The molecule has 3 heterocycles. The number of methoxy groups -OCH3 is 1. The summed E-state index contributed by atoms with van der Waals surface area (Å²) in [5, 5.41) is 13.0. The Kier molecular flexibility index (Phi) is 7.58. The van der Waals surface area contributed by atoms with Gasteiger partial charge in [-0.3, -0.25) is 4.79 Å². The lowest BCUT2D eigenvalue weighted by molar-refractivity contribution is -0.140. The lowest BCUT2D eigenvalue weighted by Gasteiger charge is -2.47. The van der Waals surface area contributed by atoms with E-state index >= 15 is 0 Å². The number of aromatic nitrogens is 2. The number of anilines is 2. The van der Waals surface area contributed by atoms with Crippen molar-refractivity contribution in [2.24, 2.45) is 5.41 Å². The van der Waals surface area contributed by atoms with E-state index in [1.807, 2.05) is 32.9 Å². The summed E-state index contributed by atoms with van der Waals surface area (Å²) >= 11 is 0. The summed E-state index contributed by atoms with van der Waals surface area (Å²) in [6.45, 7) is 8.58. The lowest BCUT2D eigenvalue weighted by atomic mass is 9.79. The first-order valence-corrected chi connectivity index (χ1v) is 14.0. The average Bonchev–Trinajstić information content (AvgIpc) is 3.37. The monoisotopic (exact) mass is 546 g/mol. The molecule has 1 amide bonds. The molecule has 10 nitrogen and oxygen atoms in total. The van der Waals surface area contributed by atoms with Crippen LogP contribution in [0, 0.1) is 16.7 Å². The zero-order valence-corrected chi connectivity index (χ0v) is 23.8. The number of amides is 1. The molecule has 1 N–H and O–H groups in total. The summed E-state index contributed by atoms with van der Waals surface area (Å²) in [4.78, 5) is 38.9. The predicted octanol–water partition coefficient (Wildman–Crippen LogP) is 4.39. The summed E-state index contributed by atoms with van der Waals surface area (Å²) in [6, 6.07) is 9.05. The number of benzene rings is 1. The molecule has 1 unspecified atom stereocenters. The smallest absolute Gasteiger partial charge is 0.410 e. The predicted molar refractivity (Wildman–Crippen MR) is 150 cm³/mol. The molecule has 1 aromatic heterocycles. The molecule has 1 aliphatic carbocycles. The molecule has 2 aliphatic heterocycles. The van der Waals surface area contributed by atoms with Gasteiger partial charge in [-0.15, -0.1) is 0 Å². The first kappa shape index (κ1) is 27.7. The van der Waals surface area contributed by atoms with Gasteiger partial charge in [-0.25, -0.2) is 9.78 Å². The zero-order valence-electron chi connectivity index (χ0n) is 23.8. The standard InChI is InChI=1S/C30H38N6O4/c1-29(2,3)40-28(38)36-18-30(19-36)12-13-35(17-30)27-33-23-11-6-5-10-22(23)26(34-27)32-24(15-25(37)39-4)21-9-7-8-20(14-21)16-31/h7-9,14,24H,5-6,10-13,15,17-19H2,1-4H3,(H,32,33,34). The summed E-state index contributed by atoms with van der Waals surface area (Å²) in [5.74, 6) is 1.07. The molecular weight excluding hydrogens is 508 g/mol. The number of nitrogens with zero attached hydrogens (tertiary/aromatic N) is 5. The number of carbonyl (C=O) groups excluding carboxylic acids is 2. The molecule has 0 saturated carbocycles. The van der Waals surface area contributed by atoms with Crippen molar-refractivity contribution in [3.8, 4) is 6.07 Å². The van der Waals surface area contributed by atoms with Crippen LogP contribution >= 0.6 is 0 Å². The highest BCUT2D eigenvalue weighted by molar-refractivity contribution is 5.71. The third-order valence-electron chi connectivity index (χ3n) is 7.92. The van der Waals surface area contributed by atoms with Crippen LogP contribution in [0.1, 0.15) is 74.9 Å². The van der Waals surface area contributed by atoms with E-state index in [-0.39, 0.29) is 23.9 Å². The fourth-order valence-corrected chi connectivity index (χ4v) is 5.92. The van der Waals surface area contributed by atoms with Crippen LogP contribution in [-0.2, 0) is 27.1 Å². The van der Waals surface area contributed by atoms with E-state index in [4.69, 9.17) is 19.4 Å². The number of esters is 1. The van der Waals surface area contributed by atoms with Crippen molar-refractivity contribution in [2.45, 2.75) is 70.9 Å². The van der Waals surface area contributed by atoms with E-state index in [1.54, 1.807) is 17.0 Å². The van der Waals surface area contributed by atoms with Crippen LogP contribution in [-0.4, -0.2) is 65.8 Å². The lowest BCUT2D eigenvalue weighted by Crippen LogP contribution is -2.60. The van der Waals surface area contributed by atoms with Crippen molar-refractivity contribution in [1.29, 1.82) is 5.26 Å². The number of aryl methyl sites for hydroxylation is 1. The molecule has 1 aromatic carbocycles. The van der Waals surface area contributed by atoms with Gasteiger partial charge in [0.05, 0.1) is 36.9 Å². The third-order valence-corrected chi connectivity index (χ3v) is 7.92. The Morgan fingerprint density at radius 3 is 2.67 bits per heavy atom. The van der Waals surface area contributed by atoms with E-state index < -0.39 is 11.6 Å². The highest BCUT2D eigenvalue weighted by Crippen LogP contribution is 2.42. The average molecular weight is 547 g/mol. The van der Waals surface area contributed by atoms with Crippen LogP contribution in [0.3, 0.4) is 0 Å². The second kappa shape index (κ2) is 11.0. The van der Waals surface area contributed by atoms with Crippen LogP contribution in [0.25, 0.3) is 0 Å². The summed E-state index contributed by atoms with van der Waals surface area (Å²) in [5.41, 5.74) is 3.01. The number of carbonyl (C=O) groups is 2. The molecule has 3 aliphatic rings. The Morgan fingerprint density at radius 1 is 1.18 bits per heavy atom. The van der Waals surface area contributed by atoms with Gasteiger partial charge in [0.2, 0.25) is 5.95 Å². The van der Waals surface area contributed by atoms with E-state index in [1.165, 1.54) is 7.11 Å². The number of hydrogen-bond acceptors (Lipinski definition) is 9. The summed E-state index contributed by atoms with van der Waals surface area (Å²) in [6.07, 6.45) is 4.70. The maximum atomic E-state index is 12.5. The first-order chi connectivity index (χ1) is 19.1. The summed E-state index contributed by atoms with van der Waals surface area (Å²) in [7, 11) is 1.38. The van der Waals surface area contributed by atoms with Crippen molar-refractivity contribution in [3.63, 3.8) is 0 Å². The SMILES string of the molecule is COC(=O)CC(Nc1nc(N2CCC3(CN(C(=O)OC(C)(C)C)C3)C2)nc2c1CCCC2)c1cccc(C#N)c1. The number of likely N-dealkylation sites (tertiary alicyclic amines) is 1. The highest BCUT2D eigenvalue weighted by atomic mass is 16.6. The molecule has 0 bridgehead atoms. The van der Waals surface area contributed by atoms with Gasteiger partial charge in [-0.2, -0.15) is 10.2 Å². The number of ether oxygens (including phenoxy) is 2. The fraction of sp³-hybridized carbons (Fsp3) is 0.567. The van der Waals surface area contributed by atoms with Gasteiger partial charge >= 0.3 is 12.1 Å². The minimum absolute atomic E-state index is 0.0227. The minimum atomic E-state index is -0.510. The van der Waals surface area contributed by atoms with E-state index in [9.17, 15) is 14.9 Å². The summed E-state index contributed by atoms with van der Waals surface area (Å²) < 4.78 is 10.5. The Balaban J connectivity index is 1.38. The highest BCUT2D eigenvalue weighted by Gasteiger charge is 2.51. The van der Waals surface area contributed by atoms with Crippen molar-refractivity contribution >= 4 is 23.8 Å². The van der Waals surface area contributed by atoms with Crippen LogP contribution in [0.4, 0.5) is 16.6 Å². The van der Waals surface area contributed by atoms with Crippen LogP contribution in [0.5, 0.6) is 0 Å². The van der Waals surface area contributed by atoms with Crippen LogP contribution in [0.15, 0.2) is 24.3 Å². The molecular formula is C30H38N6O4. The number of nitriles is 1. The number of hydrogen-bond donors (Lipinski definition) is 1. The Hall–Kier alpha value is -3.87. The maximum Gasteiger partial charge on any atom is 0.410 e. The van der Waals surface area contributed by atoms with Gasteiger partial charge in [0, 0.05) is 37.2 Å². The van der Waals surface area contributed by atoms with Gasteiger partial charge in [0.25, 0.3) is 0 Å². The van der Waals surface area contributed by atoms with Gasteiger partial charge in [0.15, 0.2) is 0 Å². The molecule has 2 fully saturated rings. The second-order valence-corrected chi connectivity index (χ2v) is 12.2. The molecule has 1 atom stereocenters. The quantitative estimate of drug-likeness (QED) is 0.526. The fourth-order valence-electron chi connectivity index (χ4n) is 5.92. The first-order valence-electron chi connectivity index (χ1n) is 14.0. The van der Waals surface area contributed by atoms with E-state index in [0.29, 0.717) is 24.6 Å². The topological polar surface area (TPSA) is 121 Å². The van der Waals surface area contributed by atoms with E-state index in [0.717, 1.165) is 67.8 Å². The molecule has 2 saturated heterocycles. The number of nitrogens with one attached hydrogen (secondary N) is 1. The molecule has 40 heavy (non-hydrogen) atoms. The number of rotatable bonds is 6. The van der Waals surface area contributed by atoms with Gasteiger partial charge in [0.1, 0.15) is 11.4 Å². The maximum absolute atomic E-state index is 12.5. The Morgan fingerprint density at radius 2 is 1.95 bits per heavy atom.